The van der Waals surface area contributed by atoms with Crippen molar-refractivity contribution in [1.29, 1.82) is 0 Å². The van der Waals surface area contributed by atoms with E-state index in [1.807, 2.05) is 32.0 Å². The van der Waals surface area contributed by atoms with E-state index in [0.29, 0.717) is 10.6 Å². The predicted molar refractivity (Wildman–Crippen MR) is 100 cm³/mol. The average Bonchev–Trinajstić information content (AvgIpc) is 2.82. The quantitative estimate of drug-likeness (QED) is 0.812. The maximum Gasteiger partial charge on any atom is 0.325 e. The first kappa shape index (κ1) is 18.3. The zero-order valence-corrected chi connectivity index (χ0v) is 15.8. The van der Waals surface area contributed by atoms with E-state index in [-0.39, 0.29) is 19.1 Å². The summed E-state index contributed by atoms with van der Waals surface area (Å²) in [5, 5.41) is 3.35. The fourth-order valence-electron chi connectivity index (χ4n) is 2.99. The van der Waals surface area contributed by atoms with E-state index >= 15 is 0 Å². The molecule has 0 aliphatic carbocycles. The first-order chi connectivity index (χ1) is 12.3. The molecule has 1 saturated heterocycles. The topological polar surface area (TPSA) is 58.6 Å². The predicted octanol–water partition coefficient (Wildman–Crippen LogP) is 3.80. The Hall–Kier alpha value is -2.53. The maximum absolute atomic E-state index is 12.8. The van der Waals surface area contributed by atoms with E-state index < -0.39 is 11.6 Å². The molecular weight excluding hydrogens is 352 g/mol. The number of hydrogen-bond acceptors (Lipinski definition) is 3. The van der Waals surface area contributed by atoms with Crippen molar-refractivity contribution in [2.75, 3.05) is 13.2 Å². The summed E-state index contributed by atoms with van der Waals surface area (Å²) in [6.07, 6.45) is 0. The summed E-state index contributed by atoms with van der Waals surface area (Å²) in [5.41, 5.74) is 1.70. The number of rotatable bonds is 5. The molecule has 3 amide bonds. The number of halogens is 1. The minimum absolute atomic E-state index is 0.182. The second kappa shape index (κ2) is 7.00. The molecule has 0 bridgehead atoms. The molecule has 26 heavy (non-hydrogen) atoms. The van der Waals surface area contributed by atoms with Crippen LogP contribution in [0.25, 0.3) is 0 Å². The highest BCUT2D eigenvalue weighted by Crippen LogP contribution is 2.29. The highest BCUT2D eigenvalue weighted by molar-refractivity contribution is 6.30. The zero-order valence-electron chi connectivity index (χ0n) is 15.0. The van der Waals surface area contributed by atoms with Gasteiger partial charge in [0.05, 0.1) is 6.54 Å². The summed E-state index contributed by atoms with van der Waals surface area (Å²) in [4.78, 5) is 26.4. The number of nitrogens with zero attached hydrogens (tertiary/aromatic N) is 1. The Bertz CT molecular complexity index is 851. The van der Waals surface area contributed by atoms with E-state index in [2.05, 4.69) is 5.32 Å². The molecule has 2 aromatic rings. The van der Waals surface area contributed by atoms with Crippen molar-refractivity contribution < 1.29 is 14.3 Å². The number of nitrogens with one attached hydrogen (secondary N) is 1. The summed E-state index contributed by atoms with van der Waals surface area (Å²) in [7, 11) is 0. The molecule has 1 aliphatic heterocycles. The van der Waals surface area contributed by atoms with Crippen molar-refractivity contribution in [2.45, 2.75) is 26.3 Å². The number of urea groups is 1. The van der Waals surface area contributed by atoms with Crippen LogP contribution in [-0.2, 0) is 10.3 Å². The lowest BCUT2D eigenvalue weighted by molar-refractivity contribution is -0.131. The normalized spacial score (nSPS) is 19.6. The standard InChI is InChI=1S/C20H21ClN2O3/c1-13-4-5-14(2)17(12-13)26-11-10-23-18(24)20(3,22-19(23)25)15-6-8-16(21)9-7-15/h4-9,12H,10-11H2,1-3H3,(H,22,25). The average molecular weight is 373 g/mol. The van der Waals surface area contributed by atoms with Crippen molar-refractivity contribution in [1.82, 2.24) is 10.2 Å². The Morgan fingerprint density at radius 1 is 1.12 bits per heavy atom. The van der Waals surface area contributed by atoms with E-state index in [1.165, 1.54) is 4.90 Å². The van der Waals surface area contributed by atoms with Crippen LogP contribution in [0.1, 0.15) is 23.6 Å². The monoisotopic (exact) mass is 372 g/mol. The van der Waals surface area contributed by atoms with Crippen molar-refractivity contribution >= 4 is 23.5 Å². The van der Waals surface area contributed by atoms with Crippen molar-refractivity contribution in [3.8, 4) is 5.75 Å². The van der Waals surface area contributed by atoms with Crippen LogP contribution < -0.4 is 10.1 Å². The van der Waals surface area contributed by atoms with Gasteiger partial charge in [0.25, 0.3) is 5.91 Å². The minimum atomic E-state index is -1.10. The molecule has 1 fully saturated rings. The van der Waals surface area contributed by atoms with Gasteiger partial charge in [-0.05, 0) is 55.7 Å². The molecule has 0 radical (unpaired) electrons. The molecule has 0 spiro atoms. The Kier molecular flexibility index (Phi) is 4.92. The summed E-state index contributed by atoms with van der Waals surface area (Å²) in [6.45, 7) is 6.06. The molecule has 2 aromatic carbocycles. The molecule has 6 heteroatoms. The van der Waals surface area contributed by atoms with Gasteiger partial charge in [0.1, 0.15) is 17.9 Å². The van der Waals surface area contributed by atoms with Gasteiger partial charge in [0.2, 0.25) is 0 Å². The van der Waals surface area contributed by atoms with Gasteiger partial charge in [-0.15, -0.1) is 0 Å². The highest BCUT2D eigenvalue weighted by atomic mass is 35.5. The Morgan fingerprint density at radius 2 is 1.81 bits per heavy atom. The molecule has 136 valence electrons. The number of amides is 3. The number of aryl methyl sites for hydroxylation is 2. The van der Waals surface area contributed by atoms with Gasteiger partial charge in [0.15, 0.2) is 0 Å². The van der Waals surface area contributed by atoms with Crippen LogP contribution in [0.2, 0.25) is 5.02 Å². The lowest BCUT2D eigenvalue weighted by Gasteiger charge is -2.22. The van der Waals surface area contributed by atoms with E-state index in [9.17, 15) is 9.59 Å². The van der Waals surface area contributed by atoms with Crippen LogP contribution in [0.4, 0.5) is 4.79 Å². The first-order valence-corrected chi connectivity index (χ1v) is 8.79. The Labute approximate surface area is 157 Å². The van der Waals surface area contributed by atoms with Crippen molar-refractivity contribution in [2.24, 2.45) is 0 Å². The van der Waals surface area contributed by atoms with Gasteiger partial charge in [0, 0.05) is 5.02 Å². The maximum atomic E-state index is 12.8. The van der Waals surface area contributed by atoms with Gasteiger partial charge in [-0.3, -0.25) is 9.69 Å². The molecule has 1 N–H and O–H groups in total. The van der Waals surface area contributed by atoms with Crippen molar-refractivity contribution in [3.05, 3.63) is 64.2 Å². The highest BCUT2D eigenvalue weighted by Gasteiger charge is 2.48. The molecular formula is C20H21ClN2O3. The molecule has 1 unspecified atom stereocenters. The lowest BCUT2D eigenvalue weighted by atomic mass is 9.92. The van der Waals surface area contributed by atoms with Gasteiger partial charge >= 0.3 is 6.03 Å². The molecule has 5 nitrogen and oxygen atoms in total. The third-order valence-corrected chi connectivity index (χ3v) is 4.86. The third kappa shape index (κ3) is 3.40. The molecule has 1 heterocycles. The number of benzene rings is 2. The van der Waals surface area contributed by atoms with Gasteiger partial charge < -0.3 is 10.1 Å². The fraction of sp³-hybridized carbons (Fsp3) is 0.300. The number of carbonyl (C=O) groups excluding carboxylic acids is 2. The molecule has 3 rings (SSSR count). The molecule has 1 aliphatic rings. The van der Waals surface area contributed by atoms with Gasteiger partial charge in [-0.1, -0.05) is 35.9 Å². The fourth-order valence-corrected chi connectivity index (χ4v) is 3.11. The van der Waals surface area contributed by atoms with Crippen LogP contribution in [0.15, 0.2) is 42.5 Å². The van der Waals surface area contributed by atoms with Crippen LogP contribution in [0.5, 0.6) is 5.75 Å². The summed E-state index contributed by atoms with van der Waals surface area (Å²) >= 11 is 5.91. The number of carbonyl (C=O) groups is 2. The van der Waals surface area contributed by atoms with E-state index in [1.54, 1.807) is 31.2 Å². The van der Waals surface area contributed by atoms with E-state index in [4.69, 9.17) is 16.3 Å². The minimum Gasteiger partial charge on any atom is -0.491 e. The first-order valence-electron chi connectivity index (χ1n) is 8.41. The number of imide groups is 1. The SMILES string of the molecule is Cc1ccc(C)c(OCCN2C(=O)NC(C)(c3ccc(Cl)cc3)C2=O)c1. The van der Waals surface area contributed by atoms with E-state index in [0.717, 1.165) is 16.9 Å². The van der Waals surface area contributed by atoms with Gasteiger partial charge in [-0.2, -0.15) is 0 Å². The smallest absolute Gasteiger partial charge is 0.325 e. The summed E-state index contributed by atoms with van der Waals surface area (Å²) in [6, 6.07) is 12.4. The van der Waals surface area contributed by atoms with Crippen LogP contribution in [0, 0.1) is 13.8 Å². The van der Waals surface area contributed by atoms with Crippen molar-refractivity contribution in [3.63, 3.8) is 0 Å². The number of ether oxygens (including phenoxy) is 1. The number of hydrogen-bond donors (Lipinski definition) is 1. The Morgan fingerprint density at radius 3 is 2.50 bits per heavy atom. The van der Waals surface area contributed by atoms with Crippen LogP contribution in [0.3, 0.4) is 0 Å². The summed E-state index contributed by atoms with van der Waals surface area (Å²) in [5.74, 6) is 0.465. The molecule has 0 aromatic heterocycles. The second-order valence-corrected chi connectivity index (χ2v) is 7.07. The largest absolute Gasteiger partial charge is 0.491 e. The lowest BCUT2D eigenvalue weighted by Crippen LogP contribution is -2.41. The summed E-state index contributed by atoms with van der Waals surface area (Å²) < 4.78 is 5.77. The third-order valence-electron chi connectivity index (χ3n) is 4.61. The Balaban J connectivity index is 1.69. The zero-order chi connectivity index (χ0) is 18.9. The van der Waals surface area contributed by atoms with Gasteiger partial charge in [-0.25, -0.2) is 4.79 Å². The van der Waals surface area contributed by atoms with Crippen LogP contribution >= 0.6 is 11.6 Å². The molecule has 0 saturated carbocycles. The van der Waals surface area contributed by atoms with Crippen LogP contribution in [-0.4, -0.2) is 30.0 Å². The second-order valence-electron chi connectivity index (χ2n) is 6.64. The molecule has 1 atom stereocenters.